The molecular formula is C30H38NO15P2-. The molecule has 48 heavy (non-hydrogen) atoms. The summed E-state index contributed by atoms with van der Waals surface area (Å²) in [5.74, 6) is -3.47. The lowest BCUT2D eigenvalue weighted by Crippen LogP contribution is -2.38. The number of unbranched alkanes of at least 4 members (excludes halogenated alkanes) is 1. The predicted molar refractivity (Wildman–Crippen MR) is 167 cm³/mol. The number of benzene rings is 2. The van der Waals surface area contributed by atoms with Crippen LogP contribution in [0, 0.1) is 17.8 Å². The first kappa shape index (κ1) is 37.8. The van der Waals surface area contributed by atoms with Crippen molar-refractivity contribution in [2.24, 2.45) is 17.8 Å². The summed E-state index contributed by atoms with van der Waals surface area (Å²) >= 11 is 0. The Morgan fingerprint density at radius 2 is 1.96 bits per heavy atom. The van der Waals surface area contributed by atoms with Gasteiger partial charge in [0.2, 0.25) is 5.91 Å². The Kier molecular flexibility index (Phi) is 13.9. The number of phosphoric acid groups is 1. The Morgan fingerprint density at radius 3 is 2.69 bits per heavy atom. The van der Waals surface area contributed by atoms with E-state index in [1.807, 2.05) is 0 Å². The van der Waals surface area contributed by atoms with Crippen LogP contribution in [0.25, 0.3) is 22.3 Å². The number of nitrogens with one attached hydrogen (secondary N) is 1. The highest BCUT2D eigenvalue weighted by Crippen LogP contribution is 2.48. The van der Waals surface area contributed by atoms with E-state index >= 15 is 0 Å². The number of carbonyl (C=O) groups excluding carboxylic acids is 1. The van der Waals surface area contributed by atoms with E-state index in [4.69, 9.17) is 8.94 Å². The number of aromatic hydroxyl groups is 1. The summed E-state index contributed by atoms with van der Waals surface area (Å²) in [4.78, 5) is 62.6. The van der Waals surface area contributed by atoms with Crippen LogP contribution in [-0.4, -0.2) is 65.8 Å². The van der Waals surface area contributed by atoms with Crippen molar-refractivity contribution in [3.63, 3.8) is 0 Å². The van der Waals surface area contributed by atoms with Crippen molar-refractivity contribution < 1.29 is 66.8 Å². The van der Waals surface area contributed by atoms with Crippen molar-refractivity contribution in [1.82, 2.24) is 5.32 Å². The number of amides is 1. The molecule has 4 rings (SSSR count). The minimum absolute atomic E-state index is 0.0381. The second-order valence-electron chi connectivity index (χ2n) is 11.4. The summed E-state index contributed by atoms with van der Waals surface area (Å²) in [7, 11) is -6.00. The van der Waals surface area contributed by atoms with E-state index in [0.29, 0.717) is 60.7 Å². The largest absolute Gasteiger partial charge is 0.784 e. The second-order valence-corrected chi connectivity index (χ2v) is 13.8. The minimum Gasteiger partial charge on any atom is -0.784 e. The summed E-state index contributed by atoms with van der Waals surface area (Å²) in [6.07, 6.45) is 2.40. The zero-order valence-corrected chi connectivity index (χ0v) is 27.8. The maximum Gasteiger partial charge on any atom is 0.474 e. The van der Waals surface area contributed by atoms with Crippen LogP contribution in [0.4, 0.5) is 0 Å². The molecule has 0 radical (unpaired) electrons. The van der Waals surface area contributed by atoms with Crippen LogP contribution in [0.1, 0.15) is 50.0 Å². The third kappa shape index (κ3) is 10.3. The Hall–Kier alpha value is -3.01. The Labute approximate surface area is 276 Å². The first-order valence-electron chi connectivity index (χ1n) is 15.2. The van der Waals surface area contributed by atoms with E-state index in [0.717, 1.165) is 7.11 Å². The van der Waals surface area contributed by atoms with E-state index in [1.54, 1.807) is 12.1 Å². The number of rotatable bonds is 18. The number of carboxylic acid groups (broad SMARTS) is 1. The highest BCUT2D eigenvalue weighted by molar-refractivity contribution is 7.47. The van der Waals surface area contributed by atoms with Crippen molar-refractivity contribution >= 4 is 39.3 Å². The average molecular weight is 715 g/mol. The number of fused-ring (bicyclic) bond motifs is 2. The molecule has 0 saturated heterocycles. The molecule has 1 aliphatic heterocycles. The zero-order valence-electron chi connectivity index (χ0n) is 26.0. The predicted octanol–water partition coefficient (Wildman–Crippen LogP) is 3.36. The first-order valence-corrected chi connectivity index (χ1v) is 17.7. The number of hydrogen-bond acceptors (Lipinski definition) is 13. The van der Waals surface area contributed by atoms with E-state index in [-0.39, 0.29) is 42.5 Å². The lowest BCUT2D eigenvalue weighted by atomic mass is 9.69. The molecule has 2 aliphatic carbocycles. The molecule has 0 spiro atoms. The molecule has 1 saturated carbocycles. The molecule has 1 aromatic carbocycles. The van der Waals surface area contributed by atoms with Crippen molar-refractivity contribution in [2.45, 2.75) is 44.4 Å². The summed E-state index contributed by atoms with van der Waals surface area (Å²) in [5.41, 5.74) is 1.35. The number of phosphoric ester groups is 1. The van der Waals surface area contributed by atoms with Gasteiger partial charge in [-0.05, 0) is 67.9 Å². The molecule has 18 heteroatoms. The van der Waals surface area contributed by atoms with Gasteiger partial charge in [0.25, 0.3) is 0 Å². The average Bonchev–Trinajstić information content (AvgIpc) is 3.06. The number of aliphatic hydroxyl groups is 1. The van der Waals surface area contributed by atoms with Gasteiger partial charge in [-0.15, -0.1) is 0 Å². The standard InChI is InChI=1S/C30H38NO15P2/c1-41-47(38)46-42-17-44-48(39,40)43-16-18(15-32)4-2-3-11-31-29(35)19-5-8-22(25(12-19)30(36)37)28-23-9-6-20(33)13-26(23)45-27-14-21(34)7-10-24(27)28/h6-7,9-10,13-14,18-19,22,25,32-33H,2-5,8,11-12,15-17H2,1H3,(H,31,35)(H,36,37)(H,39,40)/q-1. The summed E-state index contributed by atoms with van der Waals surface area (Å²) in [5, 5.41) is 33.4. The van der Waals surface area contributed by atoms with Crippen LogP contribution in [-0.2, 0) is 37.3 Å². The third-order valence-electron chi connectivity index (χ3n) is 8.22. The van der Waals surface area contributed by atoms with E-state index in [2.05, 4.69) is 23.9 Å². The van der Waals surface area contributed by atoms with Crippen LogP contribution >= 0.6 is 16.4 Å². The van der Waals surface area contributed by atoms with Crippen molar-refractivity contribution in [3.8, 4) is 17.1 Å². The summed E-state index contributed by atoms with van der Waals surface area (Å²) in [6.45, 7) is -1.20. The lowest BCUT2D eigenvalue weighted by molar-refractivity contribution is -0.307. The highest BCUT2D eigenvalue weighted by atomic mass is 31.2. The van der Waals surface area contributed by atoms with E-state index in [9.17, 15) is 44.1 Å². The minimum atomic E-state index is -4.54. The molecule has 16 nitrogen and oxygen atoms in total. The maximum atomic E-state index is 13.1. The molecule has 1 amide bonds. The Bertz CT molecular complexity index is 1620. The fourth-order valence-electron chi connectivity index (χ4n) is 5.88. The van der Waals surface area contributed by atoms with Gasteiger partial charge in [-0.2, -0.15) is 4.67 Å². The number of hydrogen-bond donors (Lipinski definition) is 5. The molecule has 1 aromatic rings. The number of phenols is 1. The summed E-state index contributed by atoms with van der Waals surface area (Å²) < 4.78 is 35.7. The van der Waals surface area contributed by atoms with E-state index in [1.165, 1.54) is 24.3 Å². The van der Waals surface area contributed by atoms with Gasteiger partial charge in [-0.1, -0.05) is 6.42 Å². The number of carbonyl (C=O) groups is 2. The molecule has 6 atom stereocenters. The molecule has 264 valence electrons. The molecule has 6 unspecified atom stereocenters. The van der Waals surface area contributed by atoms with Crippen LogP contribution < -0.4 is 15.6 Å². The number of carboxylic acids is 1. The van der Waals surface area contributed by atoms with Gasteiger partial charge in [-0.25, -0.2) is 9.45 Å². The fourth-order valence-corrected chi connectivity index (χ4v) is 6.72. The molecule has 1 fully saturated rings. The lowest BCUT2D eigenvalue weighted by Gasteiger charge is -2.35. The molecule has 5 N–H and O–H groups in total. The number of aliphatic hydroxyl groups excluding tert-OH is 1. The van der Waals surface area contributed by atoms with Crippen LogP contribution in [0.3, 0.4) is 0 Å². The second kappa shape index (κ2) is 17.6. The summed E-state index contributed by atoms with van der Waals surface area (Å²) in [6, 6.07) is 8.91. The maximum absolute atomic E-state index is 13.1. The van der Waals surface area contributed by atoms with Crippen LogP contribution in [0.5, 0.6) is 5.75 Å². The Morgan fingerprint density at radius 1 is 1.17 bits per heavy atom. The van der Waals surface area contributed by atoms with Gasteiger partial charge in [0, 0.05) is 55.2 Å². The molecule has 0 bridgehead atoms. The first-order chi connectivity index (χ1) is 22.9. The molecular weight excluding hydrogens is 676 g/mol. The van der Waals surface area contributed by atoms with Gasteiger partial charge in [0.1, 0.15) is 25.7 Å². The van der Waals surface area contributed by atoms with Gasteiger partial charge in [0.15, 0.2) is 12.2 Å². The van der Waals surface area contributed by atoms with Gasteiger partial charge >= 0.3 is 13.8 Å². The third-order valence-corrected chi connectivity index (χ3v) is 9.66. The number of aliphatic carboxylic acids is 1. The van der Waals surface area contributed by atoms with Gasteiger partial charge < -0.3 is 39.4 Å². The topological polar surface area (TPSA) is 244 Å². The quantitative estimate of drug-likeness (QED) is 0.0317. The smallest absolute Gasteiger partial charge is 0.474 e. The zero-order chi connectivity index (χ0) is 34.8. The highest BCUT2D eigenvalue weighted by Gasteiger charge is 2.40. The SMILES string of the molecule is COP([O-])OOCOP(=O)(O)OCC(CO)CCCCNC(=O)C1CCC(c2c3ccc(=O)cc-3oc3cc(O)ccc23)C(C(=O)O)C1. The monoisotopic (exact) mass is 714 g/mol. The van der Waals surface area contributed by atoms with Crippen LogP contribution in [0.2, 0.25) is 0 Å². The Balaban J connectivity index is 1.28. The number of phenolic OH excluding ortho intramolecular Hbond substituents is 1. The molecule has 3 aliphatic rings. The van der Waals surface area contributed by atoms with Crippen molar-refractivity contribution in [3.05, 3.63) is 52.2 Å². The van der Waals surface area contributed by atoms with E-state index < -0.39 is 52.9 Å². The van der Waals surface area contributed by atoms with Gasteiger partial charge in [0.05, 0.1) is 12.5 Å². The van der Waals surface area contributed by atoms with Crippen molar-refractivity contribution in [2.75, 3.05) is 33.7 Å². The molecule has 0 aromatic heterocycles. The normalized spacial score (nSPS) is 20.7. The molecule has 1 heterocycles. The van der Waals surface area contributed by atoms with Gasteiger partial charge in [-0.3, -0.25) is 23.4 Å². The van der Waals surface area contributed by atoms with Crippen molar-refractivity contribution in [1.29, 1.82) is 0 Å². The van der Waals surface area contributed by atoms with Crippen LogP contribution in [0.15, 0.2) is 45.6 Å². The fraction of sp³-hybridized carbons (Fsp3) is 0.500.